The van der Waals surface area contributed by atoms with Crippen molar-refractivity contribution >= 4 is 39.7 Å². The number of carbonyl (C=O) groups is 3. The van der Waals surface area contributed by atoms with Gasteiger partial charge in [-0.05, 0) is 43.4 Å². The van der Waals surface area contributed by atoms with E-state index in [1.54, 1.807) is 33.1 Å². The summed E-state index contributed by atoms with van der Waals surface area (Å²) in [7, 11) is 0. The van der Waals surface area contributed by atoms with E-state index in [1.165, 1.54) is 0 Å². The van der Waals surface area contributed by atoms with Crippen LogP contribution in [0.1, 0.15) is 37.0 Å². The van der Waals surface area contributed by atoms with E-state index in [0.29, 0.717) is 16.7 Å². The van der Waals surface area contributed by atoms with Gasteiger partial charge in [-0.25, -0.2) is 4.79 Å². The van der Waals surface area contributed by atoms with Crippen LogP contribution >= 0.6 is 0 Å². The minimum atomic E-state index is -1.39. The van der Waals surface area contributed by atoms with Crippen LogP contribution in [0.3, 0.4) is 0 Å². The quantitative estimate of drug-likeness (QED) is 0.499. The lowest BCUT2D eigenvalue weighted by atomic mass is 10.0. The summed E-state index contributed by atoms with van der Waals surface area (Å²) in [4.78, 5) is 47.6. The number of carboxylic acid groups (broad SMARTS) is 1. The van der Waals surface area contributed by atoms with Gasteiger partial charge in [0, 0.05) is 28.8 Å². The zero-order valence-corrected chi connectivity index (χ0v) is 18.4. The molecule has 3 rings (SSSR count). The van der Waals surface area contributed by atoms with Crippen LogP contribution in [0.25, 0.3) is 21.9 Å². The number of aliphatic carboxylic acids is 1. The van der Waals surface area contributed by atoms with E-state index >= 15 is 0 Å². The molecule has 3 aromatic rings. The van der Waals surface area contributed by atoms with Crippen LogP contribution < -0.4 is 21.4 Å². The summed E-state index contributed by atoms with van der Waals surface area (Å²) in [5.41, 5.74) is 2.57. The fraction of sp³-hybridized carbons (Fsp3) is 0.391. The molecule has 9 nitrogen and oxygen atoms in total. The Hall–Kier alpha value is -3.62. The van der Waals surface area contributed by atoms with Gasteiger partial charge >= 0.3 is 5.63 Å². The summed E-state index contributed by atoms with van der Waals surface area (Å²) in [6.45, 7) is 6.61. The van der Waals surface area contributed by atoms with E-state index in [4.69, 9.17) is 8.83 Å². The second-order valence-corrected chi connectivity index (χ2v) is 8.14. The Morgan fingerprint density at radius 3 is 2.44 bits per heavy atom. The van der Waals surface area contributed by atoms with Gasteiger partial charge in [0.15, 0.2) is 0 Å². The molecular formula is C23H25N2O7-. The van der Waals surface area contributed by atoms with Crippen molar-refractivity contribution in [3.63, 3.8) is 0 Å². The number of amides is 2. The lowest BCUT2D eigenvalue weighted by Gasteiger charge is -2.23. The summed E-state index contributed by atoms with van der Waals surface area (Å²) in [5, 5.41) is 17.5. The van der Waals surface area contributed by atoms with Crippen LogP contribution in [0.5, 0.6) is 0 Å². The summed E-state index contributed by atoms with van der Waals surface area (Å²) >= 11 is 0. The summed E-state index contributed by atoms with van der Waals surface area (Å²) in [5.74, 6) is -2.83. The Morgan fingerprint density at radius 1 is 1.06 bits per heavy atom. The normalized spacial score (nSPS) is 12.3. The van der Waals surface area contributed by atoms with Gasteiger partial charge < -0.3 is 29.4 Å². The van der Waals surface area contributed by atoms with Crippen LogP contribution in [0.15, 0.2) is 32.0 Å². The van der Waals surface area contributed by atoms with Crippen molar-refractivity contribution in [1.29, 1.82) is 0 Å². The van der Waals surface area contributed by atoms with E-state index in [0.717, 1.165) is 21.9 Å². The number of nitrogens with one attached hydrogen (secondary N) is 2. The maximum atomic E-state index is 12.5. The van der Waals surface area contributed by atoms with Crippen molar-refractivity contribution in [3.05, 3.63) is 45.5 Å². The molecule has 0 bridgehead atoms. The fourth-order valence-corrected chi connectivity index (χ4v) is 3.55. The minimum Gasteiger partial charge on any atom is -0.548 e. The molecule has 1 atom stereocenters. The zero-order valence-electron chi connectivity index (χ0n) is 18.4. The van der Waals surface area contributed by atoms with Gasteiger partial charge in [-0.2, -0.15) is 0 Å². The molecule has 2 N–H and O–H groups in total. The highest BCUT2D eigenvalue weighted by molar-refractivity contribution is 5.96. The molecule has 0 fully saturated rings. The lowest BCUT2D eigenvalue weighted by Crippen LogP contribution is -2.52. The number of fused-ring (bicyclic) bond motifs is 2. The second kappa shape index (κ2) is 9.25. The third-order valence-corrected chi connectivity index (χ3v) is 5.46. The molecule has 32 heavy (non-hydrogen) atoms. The smallest absolute Gasteiger partial charge is 0.339 e. The molecule has 0 unspecified atom stereocenters. The molecule has 0 radical (unpaired) electrons. The van der Waals surface area contributed by atoms with E-state index in [9.17, 15) is 24.3 Å². The van der Waals surface area contributed by atoms with Crippen LogP contribution in [-0.2, 0) is 20.8 Å². The fourth-order valence-electron chi connectivity index (χ4n) is 3.55. The summed E-state index contributed by atoms with van der Waals surface area (Å²) in [6, 6.07) is 2.44. The Balaban J connectivity index is 1.66. The molecule has 9 heteroatoms. The van der Waals surface area contributed by atoms with Crippen LogP contribution in [-0.4, -0.2) is 30.4 Å². The number of furan rings is 1. The van der Waals surface area contributed by atoms with Gasteiger partial charge in [0.25, 0.3) is 0 Å². The highest BCUT2D eigenvalue weighted by Crippen LogP contribution is 2.28. The summed E-state index contributed by atoms with van der Waals surface area (Å²) in [6.07, 6.45) is 1.73. The molecule has 2 heterocycles. The van der Waals surface area contributed by atoms with Crippen molar-refractivity contribution in [3.8, 4) is 0 Å². The SMILES string of the molecule is Cc1coc2cc3oc(=O)c(CCC(=O)NCC(=O)N[C@H](C(=O)[O-])C(C)C)c(C)c3cc12. The van der Waals surface area contributed by atoms with Crippen LogP contribution in [0.4, 0.5) is 0 Å². The maximum Gasteiger partial charge on any atom is 0.339 e. The molecule has 0 spiro atoms. The number of aryl methyl sites for hydroxylation is 2. The standard InChI is InChI=1S/C23H26N2O7/c1-11(2)21(22(28)29)25-20(27)9-24-19(26)6-5-14-13(4)16-7-15-12(3)10-31-17(15)8-18(16)32-23(14)30/h7-8,10-11,21H,5-6,9H2,1-4H3,(H,24,26)(H,25,27)(H,28,29)/p-1/t21-/m0/s1. The molecule has 0 aliphatic heterocycles. The average molecular weight is 441 g/mol. The molecule has 0 aliphatic carbocycles. The summed E-state index contributed by atoms with van der Waals surface area (Å²) < 4.78 is 10.9. The molecule has 2 amide bonds. The monoisotopic (exact) mass is 441 g/mol. The topological polar surface area (TPSA) is 142 Å². The first-order valence-corrected chi connectivity index (χ1v) is 10.3. The molecule has 0 saturated carbocycles. The maximum absolute atomic E-state index is 12.5. The molecule has 170 valence electrons. The van der Waals surface area contributed by atoms with Crippen molar-refractivity contribution in [2.75, 3.05) is 6.54 Å². The first-order valence-electron chi connectivity index (χ1n) is 10.3. The Bertz CT molecular complexity index is 1250. The molecule has 0 aliphatic rings. The number of rotatable bonds is 8. The van der Waals surface area contributed by atoms with Crippen molar-refractivity contribution < 1.29 is 28.3 Å². The van der Waals surface area contributed by atoms with E-state index in [2.05, 4.69) is 10.6 Å². The zero-order chi connectivity index (χ0) is 23.6. The second-order valence-electron chi connectivity index (χ2n) is 8.14. The van der Waals surface area contributed by atoms with E-state index < -0.39 is 29.5 Å². The minimum absolute atomic E-state index is 0.0362. The third-order valence-electron chi connectivity index (χ3n) is 5.46. The molecule has 2 aromatic heterocycles. The largest absolute Gasteiger partial charge is 0.548 e. The van der Waals surface area contributed by atoms with Gasteiger partial charge in [0.1, 0.15) is 11.2 Å². The van der Waals surface area contributed by atoms with Gasteiger partial charge in [-0.15, -0.1) is 0 Å². The molecule has 1 aromatic carbocycles. The predicted molar refractivity (Wildman–Crippen MR) is 115 cm³/mol. The first-order chi connectivity index (χ1) is 15.1. The molecular weight excluding hydrogens is 416 g/mol. The Morgan fingerprint density at radius 2 is 1.78 bits per heavy atom. The number of hydrogen-bond donors (Lipinski definition) is 2. The van der Waals surface area contributed by atoms with Crippen LogP contribution in [0.2, 0.25) is 0 Å². The van der Waals surface area contributed by atoms with Gasteiger partial charge in [0.05, 0.1) is 24.8 Å². The number of carbonyl (C=O) groups excluding carboxylic acids is 3. The van der Waals surface area contributed by atoms with Gasteiger partial charge in [-0.1, -0.05) is 13.8 Å². The highest BCUT2D eigenvalue weighted by atomic mass is 16.4. The van der Waals surface area contributed by atoms with Crippen molar-refractivity contribution in [2.24, 2.45) is 5.92 Å². The number of hydrogen-bond acceptors (Lipinski definition) is 7. The predicted octanol–water partition coefficient (Wildman–Crippen LogP) is 1.10. The van der Waals surface area contributed by atoms with Crippen LogP contribution in [0, 0.1) is 19.8 Å². The van der Waals surface area contributed by atoms with E-state index in [1.807, 2.05) is 13.0 Å². The van der Waals surface area contributed by atoms with Crippen molar-refractivity contribution in [2.45, 2.75) is 46.6 Å². The van der Waals surface area contributed by atoms with E-state index in [-0.39, 0.29) is 25.3 Å². The van der Waals surface area contributed by atoms with Gasteiger partial charge in [-0.3, -0.25) is 9.59 Å². The third kappa shape index (κ3) is 4.82. The average Bonchev–Trinajstić information content (AvgIpc) is 3.08. The first kappa shape index (κ1) is 23.1. The Labute approximate surface area is 183 Å². The lowest BCUT2D eigenvalue weighted by molar-refractivity contribution is -0.309. The molecule has 0 saturated heterocycles. The van der Waals surface area contributed by atoms with Gasteiger partial charge in [0.2, 0.25) is 11.8 Å². The number of benzene rings is 1. The Kier molecular flexibility index (Phi) is 6.67. The number of carboxylic acids is 1. The highest BCUT2D eigenvalue weighted by Gasteiger charge is 2.18. The van der Waals surface area contributed by atoms with Crippen molar-refractivity contribution in [1.82, 2.24) is 10.6 Å².